The molecule has 5 unspecified atom stereocenters. The number of likely N-dealkylation sites (tertiary alicyclic amines) is 1. The predicted molar refractivity (Wildman–Crippen MR) is 559 cm³/mol. The van der Waals surface area contributed by atoms with Gasteiger partial charge < -0.3 is 84.3 Å². The van der Waals surface area contributed by atoms with Crippen molar-refractivity contribution in [3.8, 4) is 23.0 Å². The van der Waals surface area contributed by atoms with Crippen LogP contribution in [0.25, 0.3) is 54.9 Å². The fourth-order valence-corrected chi connectivity index (χ4v) is 22.6. The van der Waals surface area contributed by atoms with Gasteiger partial charge in [0.15, 0.2) is 35.5 Å². The minimum atomic E-state index is -0.871. The van der Waals surface area contributed by atoms with E-state index >= 15 is 0 Å². The van der Waals surface area contributed by atoms with E-state index in [1.54, 1.807) is 25.3 Å². The largest absolute Gasteiger partial charge is 0.493 e. The highest BCUT2D eigenvalue weighted by molar-refractivity contribution is 5.97. The van der Waals surface area contributed by atoms with Crippen molar-refractivity contribution in [2.75, 3.05) is 95.3 Å². The smallest absolute Gasteiger partial charge is 0.262 e. The monoisotopic (exact) mass is 1870 g/mol. The van der Waals surface area contributed by atoms with E-state index in [1.165, 1.54) is 195 Å². The highest BCUT2D eigenvalue weighted by Crippen LogP contribution is 2.47. The van der Waals surface area contributed by atoms with Crippen LogP contribution in [0.5, 0.6) is 23.0 Å². The van der Waals surface area contributed by atoms with Crippen LogP contribution in [0.15, 0.2) is 164 Å². The summed E-state index contributed by atoms with van der Waals surface area (Å²) in [7, 11) is 18.3. The Morgan fingerprint density at radius 1 is 0.489 bits per heavy atom. The van der Waals surface area contributed by atoms with Gasteiger partial charge in [-0.1, -0.05) is 76.9 Å². The van der Waals surface area contributed by atoms with Crippen molar-refractivity contribution in [3.05, 3.63) is 260 Å². The number of aryl methyl sites for hydroxylation is 7. The number of fused-ring (bicyclic) bond motifs is 17. The van der Waals surface area contributed by atoms with Crippen LogP contribution >= 0.6 is 0 Å². The molecule has 1 amide bonds. The van der Waals surface area contributed by atoms with E-state index in [1.807, 2.05) is 73.8 Å². The number of amides is 1. The summed E-state index contributed by atoms with van der Waals surface area (Å²) < 4.78 is 54.9. The van der Waals surface area contributed by atoms with Crippen LogP contribution in [0.2, 0.25) is 0 Å². The normalized spacial score (nSPS) is 19.2. The maximum atomic E-state index is 13.4. The number of rotatable bonds is 17. The molecule has 0 spiro atoms. The number of piperidine rings is 1. The zero-order valence-corrected chi connectivity index (χ0v) is 83.4. The van der Waals surface area contributed by atoms with Gasteiger partial charge in [-0.25, -0.2) is 23.7 Å². The second-order valence-corrected chi connectivity index (χ2v) is 41.0. The van der Waals surface area contributed by atoms with Crippen LogP contribution in [0.4, 0.5) is 60.4 Å². The predicted octanol–water partition coefficient (Wildman–Crippen LogP) is 23.1. The molecule has 5 atom stereocenters. The Morgan fingerprint density at radius 2 is 1.04 bits per heavy atom. The molecular weight excluding hydrogens is 1740 g/mol. The van der Waals surface area contributed by atoms with Crippen LogP contribution in [0.3, 0.4) is 0 Å². The number of anilines is 9. The van der Waals surface area contributed by atoms with E-state index in [9.17, 15) is 18.4 Å². The number of carbonyl (C=O) groups is 2. The maximum Gasteiger partial charge on any atom is 0.262 e. The van der Waals surface area contributed by atoms with Crippen molar-refractivity contribution >= 4 is 118 Å². The van der Waals surface area contributed by atoms with Crippen molar-refractivity contribution in [2.45, 2.75) is 188 Å². The lowest BCUT2D eigenvalue weighted by atomic mass is 9.72. The Kier molecular flexibility index (Phi) is 27.4. The van der Waals surface area contributed by atoms with Gasteiger partial charge in [-0.3, -0.25) is 9.59 Å². The number of hydrogen-bond acceptors (Lipinski definition) is 16. The minimum absolute atomic E-state index is 0.0601. The third-order valence-corrected chi connectivity index (χ3v) is 31.7. The fourth-order valence-electron chi connectivity index (χ4n) is 22.6. The topological polar surface area (TPSA) is 235 Å². The van der Waals surface area contributed by atoms with Gasteiger partial charge in [-0.05, 0) is 353 Å². The van der Waals surface area contributed by atoms with E-state index in [2.05, 4.69) is 228 Å². The molecule has 724 valence electrons. The molecular formula is C115H134F2N16O6. The molecule has 1 saturated heterocycles. The van der Waals surface area contributed by atoms with Gasteiger partial charge in [0.1, 0.15) is 52.5 Å². The van der Waals surface area contributed by atoms with Gasteiger partial charge in [0, 0.05) is 158 Å². The Hall–Kier alpha value is -13.0. The van der Waals surface area contributed by atoms with Gasteiger partial charge in [-0.15, -0.1) is 0 Å². The number of H-pyrrole nitrogens is 2. The Bertz CT molecular complexity index is 7150. The first-order chi connectivity index (χ1) is 67.1. The lowest BCUT2D eigenvalue weighted by molar-refractivity contribution is -0.121. The summed E-state index contributed by atoms with van der Waals surface area (Å²) in [5, 5.41) is 26.1. The molecule has 0 saturated carbocycles. The van der Waals surface area contributed by atoms with Crippen molar-refractivity contribution in [1.29, 1.82) is 0 Å². The highest BCUT2D eigenvalue weighted by atomic mass is 19.2. The van der Waals surface area contributed by atoms with E-state index in [0.29, 0.717) is 63.8 Å². The van der Waals surface area contributed by atoms with Gasteiger partial charge in [0.2, 0.25) is 0 Å². The zero-order valence-electron chi connectivity index (χ0n) is 83.4. The number of halogens is 2. The Labute approximate surface area is 814 Å². The van der Waals surface area contributed by atoms with Crippen molar-refractivity contribution in [2.24, 2.45) is 43.8 Å². The number of aromatic amines is 2. The van der Waals surface area contributed by atoms with Gasteiger partial charge in [0.05, 0.1) is 19.9 Å². The molecule has 8 N–H and O–H groups in total. The standard InChI is InChI=1S/C27H31N3O2.C23H29N3O2.C23H28N2.C21H23F2N3.C21H23N5O2/c1-30-10-8-17(9-11-30)18-3-7-25-24(13-18)23-6-5-20(14-26(23)29-25)28-21-4-2-19-12-22(31)16-32-27(19)15-21;1-6-23(2)12-11-18-17(14-23)16-8-10-21(25-22(16)26(18)3)24-15-7-9-19(27-4)20(13-15)28-5;1-15-5-6-17(11-16(15)2)12-18-7-9-22-20(13-18)21-14-19(25(3)4)8-10-23(21)24-22;1-4-21(2)10-9-18-15(12-21)14-6-8-19(25-20(14)26(18)3)24-13-5-7-16(22)17(23)11-13;1-22-12-3-6-17-15(9-12)14-5-8-19(25-21(14)26(17)2)23-13-4-7-18-16(10-13)24-20(27)11-28-18/h2,4-6,14-15,17-18,28-29H,3,7-13,16H2,1H3;7-10,13H,6,11-12,14H2,1-5H3,(H,24,25);5-7,9,11,13,19,24H,8,10,12,14H2,1-4H3;5-8,11H,4,9-10,12H2,1-3H3,(H,24,25);4-5,7-8,10,12,22H,3,6,9,11H2,1-2H3,(H,23,25)(H,24,27). The quantitative estimate of drug-likeness (QED) is 0.0423. The Balaban J connectivity index is 0.000000111. The van der Waals surface area contributed by atoms with Crippen LogP contribution in [0, 0.1) is 48.1 Å². The second-order valence-electron chi connectivity index (χ2n) is 41.0. The fraction of sp³-hybridized carbons (Fsp3) is 0.400. The molecule has 15 aromatic rings. The summed E-state index contributed by atoms with van der Waals surface area (Å²) in [4.78, 5) is 49.9. The Morgan fingerprint density at radius 3 is 1.68 bits per heavy atom. The van der Waals surface area contributed by atoms with E-state index < -0.39 is 11.6 Å². The first-order valence-corrected chi connectivity index (χ1v) is 50.0. The molecule has 8 aliphatic rings. The molecule has 3 aliphatic heterocycles. The number of nitrogens with zero attached hydrogens (tertiary/aromatic N) is 8. The van der Waals surface area contributed by atoms with Crippen LogP contribution < -0.4 is 50.8 Å². The molecule has 24 heteroatoms. The average Bonchev–Trinajstić information content (AvgIpc) is 1.61. The summed E-state index contributed by atoms with van der Waals surface area (Å²) in [6.45, 7) is 16.5. The second kappa shape index (κ2) is 40.1. The SMILES string of the molecule is CCC1(C)CCc2c(c3ccc(Nc4ccc(F)c(F)c4)nc3n2C)C1.CCC1(C)CCc2c(c3ccc(Nc4ccc(OC)c(OC)c4)nc3n2C)C1.CN1CCC(C2CCc3[nH]c4cc(Nc5ccc6c(c5)OCC(=O)C6)ccc4c3C2)CC1.CNC1CCc2c(c3ccc(Nc4ccc5c(c4)NC(=O)CO5)nc3n2C)C1.Cc1ccc(Cc2ccc3[nH]c4c(c3c2)CC(N(C)C)CC4)cc1C. The number of methoxy groups -OCH3 is 2. The van der Waals surface area contributed by atoms with Crippen molar-refractivity contribution in [3.63, 3.8) is 0 Å². The van der Waals surface area contributed by atoms with Gasteiger partial charge in [0.25, 0.3) is 5.91 Å². The number of Topliss-reactive ketones (excluding diaryl/α,β-unsaturated/α-hetero) is 1. The molecule has 139 heavy (non-hydrogen) atoms. The summed E-state index contributed by atoms with van der Waals surface area (Å²) in [5.74, 6) is 5.12. The van der Waals surface area contributed by atoms with E-state index in [4.69, 9.17) is 33.9 Å². The molecule has 0 radical (unpaired) electrons. The first kappa shape index (κ1) is 94.9. The number of nitrogens with one attached hydrogen (secondary N) is 8. The minimum Gasteiger partial charge on any atom is -0.493 e. The van der Waals surface area contributed by atoms with Crippen LogP contribution in [-0.2, 0) is 108 Å². The lowest BCUT2D eigenvalue weighted by Gasteiger charge is -2.36. The van der Waals surface area contributed by atoms with E-state index in [-0.39, 0.29) is 24.9 Å². The molecule has 5 aliphatic carbocycles. The van der Waals surface area contributed by atoms with E-state index in [0.717, 1.165) is 144 Å². The maximum absolute atomic E-state index is 13.4. The van der Waals surface area contributed by atoms with Gasteiger partial charge >= 0.3 is 0 Å². The van der Waals surface area contributed by atoms with Gasteiger partial charge in [-0.2, -0.15) is 0 Å². The summed E-state index contributed by atoms with van der Waals surface area (Å²) in [6.07, 6.45) is 24.0. The van der Waals surface area contributed by atoms with Crippen molar-refractivity contribution in [1.82, 2.24) is 53.7 Å². The molecule has 23 rings (SSSR count). The first-order valence-electron chi connectivity index (χ1n) is 50.0. The van der Waals surface area contributed by atoms with Crippen LogP contribution in [0.1, 0.15) is 170 Å². The number of ketones is 1. The number of hydrogen-bond donors (Lipinski definition) is 8. The number of carbonyl (C=O) groups excluding carboxylic acids is 2. The van der Waals surface area contributed by atoms with Crippen LogP contribution in [-0.4, -0.2) is 141 Å². The summed E-state index contributed by atoms with van der Waals surface area (Å²) in [6, 6.07) is 55.3. The number of benzene rings is 7. The number of likely N-dealkylation sites (N-methyl/N-ethyl adjacent to an activating group) is 2. The number of aromatic nitrogens is 8. The third-order valence-electron chi connectivity index (χ3n) is 31.7. The molecule has 11 heterocycles. The highest BCUT2D eigenvalue weighted by Gasteiger charge is 2.37. The molecule has 8 aromatic heterocycles. The average molecular weight is 1870 g/mol. The molecule has 7 aromatic carbocycles. The number of pyridine rings is 3. The lowest BCUT2D eigenvalue weighted by Crippen LogP contribution is -2.35. The molecule has 1 fully saturated rings. The zero-order chi connectivity index (χ0) is 96.8. The summed E-state index contributed by atoms with van der Waals surface area (Å²) in [5.41, 5.74) is 32.3. The molecule has 0 bridgehead atoms. The summed E-state index contributed by atoms with van der Waals surface area (Å²) >= 11 is 0. The number of ether oxygens (including phenoxy) is 4. The molecule has 22 nitrogen and oxygen atoms in total. The van der Waals surface area contributed by atoms with Crippen molar-refractivity contribution < 1.29 is 37.3 Å². The third kappa shape index (κ3) is 20.2.